The van der Waals surface area contributed by atoms with Crippen molar-refractivity contribution in [1.29, 1.82) is 0 Å². The minimum Gasteiger partial charge on any atom is -0.382 e. The molecule has 0 radical (unpaired) electrons. The first-order valence-electron chi connectivity index (χ1n) is 5.16. The number of guanidine groups is 1. The summed E-state index contributed by atoms with van der Waals surface area (Å²) in [7, 11) is 1.67. The summed E-state index contributed by atoms with van der Waals surface area (Å²) < 4.78 is 6.01. The maximum Gasteiger partial charge on any atom is 0.196 e. The van der Waals surface area contributed by atoms with Crippen LogP contribution in [0.25, 0.3) is 0 Å². The molecule has 2 rings (SSSR count). The van der Waals surface area contributed by atoms with Gasteiger partial charge >= 0.3 is 0 Å². The molecule has 1 atom stereocenters. The Morgan fingerprint density at radius 2 is 2.41 bits per heavy atom. The molecule has 0 amide bonds. The number of halogens is 2. The van der Waals surface area contributed by atoms with Crippen molar-refractivity contribution in [2.24, 2.45) is 10.7 Å². The third-order valence-electron chi connectivity index (χ3n) is 2.62. The Labute approximate surface area is 114 Å². The molecule has 0 bridgehead atoms. The van der Waals surface area contributed by atoms with Gasteiger partial charge in [0, 0.05) is 17.3 Å². The fourth-order valence-corrected chi connectivity index (χ4v) is 2.33. The molecule has 6 heteroatoms. The number of hydrogen-bond acceptors (Lipinski definition) is 4. The van der Waals surface area contributed by atoms with E-state index in [0.717, 1.165) is 10.2 Å². The summed E-state index contributed by atoms with van der Waals surface area (Å²) >= 11 is 9.37. The molecular weight excluding hydrogens is 305 g/mol. The van der Waals surface area contributed by atoms with Crippen molar-refractivity contribution in [2.75, 3.05) is 25.2 Å². The van der Waals surface area contributed by atoms with Gasteiger partial charge in [0.2, 0.25) is 0 Å². The SMILES string of the molecule is COCC1CN=C(N)N1c1ccc(Cl)c(Br)c1. The van der Waals surface area contributed by atoms with Crippen molar-refractivity contribution in [3.63, 3.8) is 0 Å². The average Bonchev–Trinajstić information content (AvgIpc) is 2.65. The van der Waals surface area contributed by atoms with Gasteiger partial charge in [0.05, 0.1) is 24.2 Å². The standard InChI is InChI=1S/C11H13BrClN3O/c1-17-6-8-5-15-11(14)16(8)7-2-3-10(13)9(12)4-7/h2-4,8H,5-6H2,1H3,(H2,14,15). The smallest absolute Gasteiger partial charge is 0.196 e. The Bertz CT molecular complexity index is 452. The topological polar surface area (TPSA) is 50.9 Å². The highest BCUT2D eigenvalue weighted by Crippen LogP contribution is 2.29. The minimum absolute atomic E-state index is 0.146. The van der Waals surface area contributed by atoms with Crippen LogP contribution < -0.4 is 10.6 Å². The van der Waals surface area contributed by atoms with Crippen LogP contribution in [0.1, 0.15) is 0 Å². The van der Waals surface area contributed by atoms with E-state index < -0.39 is 0 Å². The number of anilines is 1. The summed E-state index contributed by atoms with van der Waals surface area (Å²) in [5.74, 6) is 0.515. The molecule has 1 aromatic rings. The molecule has 0 saturated heterocycles. The Hall–Kier alpha value is -0.780. The van der Waals surface area contributed by atoms with E-state index in [1.807, 2.05) is 23.1 Å². The Morgan fingerprint density at radius 1 is 1.65 bits per heavy atom. The molecule has 4 nitrogen and oxygen atoms in total. The van der Waals surface area contributed by atoms with Crippen LogP contribution in [0.15, 0.2) is 27.7 Å². The Kier molecular flexibility index (Phi) is 3.91. The lowest BCUT2D eigenvalue weighted by molar-refractivity contribution is 0.185. The van der Waals surface area contributed by atoms with Crippen LogP contribution in [-0.4, -0.2) is 32.3 Å². The molecule has 1 aliphatic heterocycles. The van der Waals surface area contributed by atoms with Crippen LogP contribution in [0.2, 0.25) is 5.02 Å². The number of benzene rings is 1. The van der Waals surface area contributed by atoms with Crippen LogP contribution in [0.5, 0.6) is 0 Å². The summed E-state index contributed by atoms with van der Waals surface area (Å²) in [6.45, 7) is 1.24. The molecular formula is C11H13BrClN3O. The van der Waals surface area contributed by atoms with Crippen molar-refractivity contribution in [3.8, 4) is 0 Å². The van der Waals surface area contributed by atoms with Crippen LogP contribution in [0, 0.1) is 0 Å². The predicted molar refractivity (Wildman–Crippen MR) is 73.8 cm³/mol. The number of hydrogen-bond donors (Lipinski definition) is 1. The van der Waals surface area contributed by atoms with Gasteiger partial charge in [-0.2, -0.15) is 0 Å². The maximum absolute atomic E-state index is 5.97. The molecule has 1 heterocycles. The number of aliphatic imine (C=N–C) groups is 1. The lowest BCUT2D eigenvalue weighted by Crippen LogP contribution is -2.43. The van der Waals surface area contributed by atoms with Gasteiger partial charge < -0.3 is 15.4 Å². The lowest BCUT2D eigenvalue weighted by atomic mass is 10.2. The molecule has 1 aliphatic rings. The number of nitrogens with two attached hydrogens (primary N) is 1. The first-order valence-corrected chi connectivity index (χ1v) is 6.33. The summed E-state index contributed by atoms with van der Waals surface area (Å²) in [6, 6.07) is 5.83. The van der Waals surface area contributed by atoms with Crippen LogP contribution in [-0.2, 0) is 4.74 Å². The van der Waals surface area contributed by atoms with Gasteiger partial charge in [-0.3, -0.25) is 4.99 Å². The number of methoxy groups -OCH3 is 1. The van der Waals surface area contributed by atoms with Gasteiger partial charge in [-0.15, -0.1) is 0 Å². The number of ether oxygens (including phenoxy) is 1. The quantitative estimate of drug-likeness (QED) is 0.930. The Morgan fingerprint density at radius 3 is 3.06 bits per heavy atom. The zero-order valence-electron chi connectivity index (χ0n) is 9.36. The average molecular weight is 319 g/mol. The van der Waals surface area contributed by atoms with Gasteiger partial charge in [0.1, 0.15) is 0 Å². The summed E-state index contributed by atoms with van der Waals surface area (Å²) in [6.07, 6.45) is 0. The van der Waals surface area contributed by atoms with Gasteiger partial charge in [-0.25, -0.2) is 0 Å². The zero-order valence-corrected chi connectivity index (χ0v) is 11.7. The molecule has 0 fully saturated rings. The first kappa shape index (κ1) is 12.7. The first-order chi connectivity index (χ1) is 8.13. The highest BCUT2D eigenvalue weighted by molar-refractivity contribution is 9.10. The molecule has 1 unspecified atom stereocenters. The maximum atomic E-state index is 5.97. The third-order valence-corrected chi connectivity index (χ3v) is 3.83. The van der Waals surface area contributed by atoms with E-state index >= 15 is 0 Å². The normalized spacial score (nSPS) is 19.6. The molecule has 1 aromatic carbocycles. The van der Waals surface area contributed by atoms with E-state index in [1.165, 1.54) is 0 Å². The fourth-order valence-electron chi connectivity index (χ4n) is 1.84. The minimum atomic E-state index is 0.146. The predicted octanol–water partition coefficient (Wildman–Crippen LogP) is 2.25. The van der Waals surface area contributed by atoms with E-state index in [-0.39, 0.29) is 6.04 Å². The van der Waals surface area contributed by atoms with Crippen LogP contribution >= 0.6 is 27.5 Å². The van der Waals surface area contributed by atoms with Gasteiger partial charge in [-0.05, 0) is 34.1 Å². The second kappa shape index (κ2) is 5.25. The molecule has 0 aromatic heterocycles. The second-order valence-electron chi connectivity index (χ2n) is 3.78. The second-order valence-corrected chi connectivity index (χ2v) is 5.04. The third kappa shape index (κ3) is 2.56. The summed E-state index contributed by atoms with van der Waals surface area (Å²) in [5, 5.41) is 0.673. The van der Waals surface area contributed by atoms with Crippen molar-refractivity contribution >= 4 is 39.2 Å². The molecule has 0 spiro atoms. The monoisotopic (exact) mass is 317 g/mol. The van der Waals surface area contributed by atoms with E-state index in [9.17, 15) is 0 Å². The van der Waals surface area contributed by atoms with Crippen molar-refractivity contribution in [1.82, 2.24) is 0 Å². The highest BCUT2D eigenvalue weighted by atomic mass is 79.9. The van der Waals surface area contributed by atoms with E-state index in [1.54, 1.807) is 7.11 Å². The van der Waals surface area contributed by atoms with Crippen LogP contribution in [0.3, 0.4) is 0 Å². The Balaban J connectivity index is 2.29. The van der Waals surface area contributed by atoms with Crippen molar-refractivity contribution in [3.05, 3.63) is 27.7 Å². The molecule has 92 valence electrons. The largest absolute Gasteiger partial charge is 0.382 e. The zero-order chi connectivity index (χ0) is 12.4. The fraction of sp³-hybridized carbons (Fsp3) is 0.364. The number of rotatable bonds is 3. The van der Waals surface area contributed by atoms with Gasteiger partial charge in [0.25, 0.3) is 0 Å². The van der Waals surface area contributed by atoms with E-state index in [0.29, 0.717) is 24.1 Å². The molecule has 0 saturated carbocycles. The summed E-state index contributed by atoms with van der Waals surface area (Å²) in [5.41, 5.74) is 6.85. The molecule has 17 heavy (non-hydrogen) atoms. The van der Waals surface area contributed by atoms with Crippen molar-refractivity contribution in [2.45, 2.75) is 6.04 Å². The van der Waals surface area contributed by atoms with Gasteiger partial charge in [0.15, 0.2) is 5.96 Å². The summed E-state index contributed by atoms with van der Waals surface area (Å²) in [4.78, 5) is 6.20. The highest BCUT2D eigenvalue weighted by Gasteiger charge is 2.27. The number of nitrogens with zero attached hydrogens (tertiary/aromatic N) is 2. The lowest BCUT2D eigenvalue weighted by Gasteiger charge is -2.26. The van der Waals surface area contributed by atoms with Gasteiger partial charge in [-0.1, -0.05) is 11.6 Å². The molecule has 0 aliphatic carbocycles. The van der Waals surface area contributed by atoms with E-state index in [4.69, 9.17) is 22.1 Å². The van der Waals surface area contributed by atoms with E-state index in [2.05, 4.69) is 20.9 Å². The molecule has 2 N–H and O–H groups in total. The van der Waals surface area contributed by atoms with Crippen LogP contribution in [0.4, 0.5) is 5.69 Å². The van der Waals surface area contributed by atoms with Crippen molar-refractivity contribution < 1.29 is 4.74 Å².